The number of rotatable bonds is 2. The molecule has 0 aromatic heterocycles. The zero-order valence-corrected chi connectivity index (χ0v) is 11.3. The van der Waals surface area contributed by atoms with Crippen LogP contribution in [0.5, 0.6) is 0 Å². The van der Waals surface area contributed by atoms with E-state index in [9.17, 15) is 0 Å². The van der Waals surface area contributed by atoms with Crippen LogP contribution < -0.4 is 0 Å². The number of allylic oxidation sites excluding steroid dienone is 1. The van der Waals surface area contributed by atoms with Crippen LogP contribution in [0.25, 0.3) is 0 Å². The third-order valence-corrected chi connectivity index (χ3v) is 0.866. The van der Waals surface area contributed by atoms with Crippen molar-refractivity contribution in [2.24, 2.45) is 5.92 Å². The highest BCUT2D eigenvalue weighted by molar-refractivity contribution is 4.51. The molecule has 0 heteroatoms. The van der Waals surface area contributed by atoms with Gasteiger partial charge in [0, 0.05) is 0 Å². The summed E-state index contributed by atoms with van der Waals surface area (Å²) < 4.78 is 0. The second-order valence-electron chi connectivity index (χ2n) is 2.59. The zero-order valence-electron chi connectivity index (χ0n) is 11.3. The summed E-state index contributed by atoms with van der Waals surface area (Å²) in [5.41, 5.74) is 0. The highest BCUT2D eigenvalue weighted by Gasteiger charge is 1.85. The highest BCUT2D eigenvalue weighted by Crippen LogP contribution is 2.00. The van der Waals surface area contributed by atoms with Gasteiger partial charge >= 0.3 is 0 Å². The highest BCUT2D eigenvalue weighted by atomic mass is 13.9. The molecule has 0 heterocycles. The molecule has 0 rings (SSSR count). The predicted octanol–water partition coefficient (Wildman–Crippen LogP) is 5.69. The van der Waals surface area contributed by atoms with Gasteiger partial charge in [-0.25, -0.2) is 0 Å². The van der Waals surface area contributed by atoms with E-state index < -0.39 is 0 Å². The first-order valence-corrected chi connectivity index (χ1v) is 5.76. The van der Waals surface area contributed by atoms with Gasteiger partial charge in [0.05, 0.1) is 0 Å². The topological polar surface area (TPSA) is 0 Å². The van der Waals surface area contributed by atoms with Crippen molar-refractivity contribution in [3.63, 3.8) is 0 Å². The SMILES string of the molecule is C=CC.CC.CC.CCCC(C)C. The molecule has 84 valence electrons. The van der Waals surface area contributed by atoms with Gasteiger partial charge in [0.15, 0.2) is 0 Å². The second-order valence-corrected chi connectivity index (χ2v) is 2.59. The standard InChI is InChI=1S/C6H14.C3H6.2C2H6/c1-4-5-6(2)3;1-3-2;2*1-2/h6H,4-5H2,1-3H3;3H,1H2,2H3;2*1-2H3. The molecule has 13 heavy (non-hydrogen) atoms. The van der Waals surface area contributed by atoms with Gasteiger partial charge in [-0.3, -0.25) is 0 Å². The molecule has 0 amide bonds. The predicted molar refractivity (Wildman–Crippen MR) is 68.3 cm³/mol. The third kappa shape index (κ3) is 148. The summed E-state index contributed by atoms with van der Waals surface area (Å²) in [4.78, 5) is 0. The summed E-state index contributed by atoms with van der Waals surface area (Å²) in [6.45, 7) is 20.0. The minimum Gasteiger partial charge on any atom is -0.103 e. The average molecular weight is 188 g/mol. The molecule has 0 unspecified atom stereocenters. The molecule has 0 atom stereocenters. The Morgan fingerprint density at radius 2 is 1.31 bits per heavy atom. The largest absolute Gasteiger partial charge is 0.103 e. The molecule has 0 aliphatic rings. The Kier molecular flexibility index (Phi) is 72.7. The fourth-order valence-corrected chi connectivity index (χ4v) is 0.577. The van der Waals surface area contributed by atoms with Gasteiger partial charge in [-0.1, -0.05) is 67.4 Å². The molecule has 0 saturated carbocycles. The minimum atomic E-state index is 0.898. The summed E-state index contributed by atoms with van der Waals surface area (Å²) >= 11 is 0. The molecule has 0 aliphatic heterocycles. The third-order valence-electron chi connectivity index (χ3n) is 0.866. The molecule has 0 aromatic carbocycles. The minimum absolute atomic E-state index is 0.898. The second kappa shape index (κ2) is 41.1. The maximum absolute atomic E-state index is 3.36. The molecule has 0 aromatic rings. The fourth-order valence-electron chi connectivity index (χ4n) is 0.577. The molecule has 0 N–H and O–H groups in total. The first-order valence-electron chi connectivity index (χ1n) is 5.76. The van der Waals surface area contributed by atoms with Crippen molar-refractivity contribution in [3.8, 4) is 0 Å². The van der Waals surface area contributed by atoms with Crippen LogP contribution in [0.3, 0.4) is 0 Å². The van der Waals surface area contributed by atoms with Crippen molar-refractivity contribution in [2.75, 3.05) is 0 Å². The maximum atomic E-state index is 3.36. The Morgan fingerprint density at radius 1 is 1.08 bits per heavy atom. The van der Waals surface area contributed by atoms with Gasteiger partial charge in [0.2, 0.25) is 0 Å². The van der Waals surface area contributed by atoms with E-state index in [-0.39, 0.29) is 0 Å². The zero-order chi connectivity index (χ0) is 11.7. The summed E-state index contributed by atoms with van der Waals surface area (Å²) in [5, 5.41) is 0. The lowest BCUT2D eigenvalue weighted by molar-refractivity contribution is 0.576. The molecule has 0 fully saturated rings. The van der Waals surface area contributed by atoms with E-state index >= 15 is 0 Å². The number of hydrogen-bond donors (Lipinski definition) is 0. The van der Waals surface area contributed by atoms with E-state index in [1.165, 1.54) is 12.8 Å². The number of hydrogen-bond acceptors (Lipinski definition) is 0. The molecule has 0 nitrogen and oxygen atoms in total. The van der Waals surface area contributed by atoms with Crippen molar-refractivity contribution >= 4 is 0 Å². The molecular formula is C13H32. The molecule has 0 radical (unpaired) electrons. The van der Waals surface area contributed by atoms with Gasteiger partial charge < -0.3 is 0 Å². The van der Waals surface area contributed by atoms with Gasteiger partial charge in [0.25, 0.3) is 0 Å². The lowest BCUT2D eigenvalue weighted by Gasteiger charge is -1.95. The lowest BCUT2D eigenvalue weighted by Crippen LogP contribution is -1.81. The van der Waals surface area contributed by atoms with Crippen LogP contribution in [0, 0.1) is 5.92 Å². The maximum Gasteiger partial charge on any atom is -0.0471 e. The fraction of sp³-hybridized carbons (Fsp3) is 0.846. The Bertz CT molecular complexity index is 44.0. The van der Waals surface area contributed by atoms with Crippen molar-refractivity contribution in [3.05, 3.63) is 12.7 Å². The van der Waals surface area contributed by atoms with Gasteiger partial charge in [0.1, 0.15) is 0 Å². The monoisotopic (exact) mass is 188 g/mol. The van der Waals surface area contributed by atoms with Crippen molar-refractivity contribution in [1.29, 1.82) is 0 Å². The quantitative estimate of drug-likeness (QED) is 0.488. The van der Waals surface area contributed by atoms with Crippen LogP contribution in [0.15, 0.2) is 12.7 Å². The molecular weight excluding hydrogens is 156 g/mol. The Labute approximate surface area is 87.4 Å². The van der Waals surface area contributed by atoms with Crippen LogP contribution in [0.2, 0.25) is 0 Å². The van der Waals surface area contributed by atoms with Crippen LogP contribution in [0.4, 0.5) is 0 Å². The molecule has 0 saturated heterocycles. The van der Waals surface area contributed by atoms with E-state index in [1.54, 1.807) is 6.08 Å². The Morgan fingerprint density at radius 3 is 1.31 bits per heavy atom. The first-order chi connectivity index (χ1) is 6.18. The van der Waals surface area contributed by atoms with Crippen LogP contribution in [0.1, 0.15) is 68.2 Å². The average Bonchev–Trinajstić information content (AvgIpc) is 2.12. The Hall–Kier alpha value is -0.260. The molecule has 0 spiro atoms. The first kappa shape index (κ1) is 23.0. The molecule has 0 aliphatic carbocycles. The summed E-state index contributed by atoms with van der Waals surface area (Å²) in [5.74, 6) is 0.898. The van der Waals surface area contributed by atoms with E-state index in [1.807, 2.05) is 34.6 Å². The van der Waals surface area contributed by atoms with Crippen LogP contribution in [-0.4, -0.2) is 0 Å². The Balaban J connectivity index is -0.0000000493. The van der Waals surface area contributed by atoms with Gasteiger partial charge in [-0.15, -0.1) is 6.58 Å². The summed E-state index contributed by atoms with van der Waals surface area (Å²) in [6.07, 6.45) is 4.46. The van der Waals surface area contributed by atoms with E-state index in [0.29, 0.717) is 0 Å². The van der Waals surface area contributed by atoms with Crippen LogP contribution >= 0.6 is 0 Å². The van der Waals surface area contributed by atoms with Crippen LogP contribution in [-0.2, 0) is 0 Å². The van der Waals surface area contributed by atoms with Gasteiger partial charge in [-0.05, 0) is 12.8 Å². The van der Waals surface area contributed by atoms with Crippen molar-refractivity contribution < 1.29 is 0 Å². The van der Waals surface area contributed by atoms with Gasteiger partial charge in [-0.2, -0.15) is 0 Å². The van der Waals surface area contributed by atoms with E-state index in [0.717, 1.165) is 5.92 Å². The van der Waals surface area contributed by atoms with E-state index in [4.69, 9.17) is 0 Å². The van der Waals surface area contributed by atoms with Crippen molar-refractivity contribution in [2.45, 2.75) is 68.2 Å². The van der Waals surface area contributed by atoms with E-state index in [2.05, 4.69) is 27.4 Å². The van der Waals surface area contributed by atoms with Crippen molar-refractivity contribution in [1.82, 2.24) is 0 Å². The lowest BCUT2D eigenvalue weighted by atomic mass is 10.1. The normalized spacial score (nSPS) is 6.54. The smallest absolute Gasteiger partial charge is 0.0471 e. The summed E-state index contributed by atoms with van der Waals surface area (Å²) in [7, 11) is 0. The summed E-state index contributed by atoms with van der Waals surface area (Å²) in [6, 6.07) is 0. The molecule has 0 bridgehead atoms.